The number of aryl methyl sites for hydroxylation is 2. The molecule has 0 unspecified atom stereocenters. The summed E-state index contributed by atoms with van der Waals surface area (Å²) in [7, 11) is 0. The Hall–Kier alpha value is -3.29. The summed E-state index contributed by atoms with van der Waals surface area (Å²) in [6.07, 6.45) is 2.12. The fourth-order valence-corrected chi connectivity index (χ4v) is 3.31. The number of amides is 1. The van der Waals surface area contributed by atoms with Crippen LogP contribution >= 0.6 is 0 Å². The summed E-state index contributed by atoms with van der Waals surface area (Å²) in [6, 6.07) is 8.99. The Morgan fingerprint density at radius 1 is 1.07 bits per heavy atom. The van der Waals surface area contributed by atoms with Gasteiger partial charge in [-0.05, 0) is 50.5 Å². The minimum absolute atomic E-state index is 0.0259. The highest BCUT2D eigenvalue weighted by Crippen LogP contribution is 2.14. The number of aromatic nitrogens is 4. The molecule has 0 N–H and O–H groups in total. The first kappa shape index (κ1) is 18.1. The maximum atomic E-state index is 12.4. The highest BCUT2D eigenvalue weighted by Gasteiger charge is 2.20. The zero-order chi connectivity index (χ0) is 19.7. The van der Waals surface area contributed by atoms with Crippen LogP contribution in [0.4, 0.5) is 0 Å². The third-order valence-corrected chi connectivity index (χ3v) is 4.76. The molecule has 4 rings (SSSR count). The summed E-state index contributed by atoms with van der Waals surface area (Å²) in [4.78, 5) is 34.9. The van der Waals surface area contributed by atoms with E-state index in [2.05, 4.69) is 15.1 Å². The van der Waals surface area contributed by atoms with Crippen LogP contribution in [0, 0.1) is 13.8 Å². The Kier molecular flexibility index (Phi) is 4.77. The van der Waals surface area contributed by atoms with E-state index >= 15 is 0 Å². The highest BCUT2D eigenvalue weighted by atomic mass is 16.5. The minimum Gasteiger partial charge on any atom is -0.455 e. The van der Waals surface area contributed by atoms with Gasteiger partial charge in [-0.2, -0.15) is 4.98 Å². The number of hydrogen-bond donors (Lipinski definition) is 0. The summed E-state index contributed by atoms with van der Waals surface area (Å²) in [5.74, 6) is -0.218. The fourth-order valence-electron chi connectivity index (χ4n) is 3.31. The second-order valence-corrected chi connectivity index (χ2v) is 6.96. The van der Waals surface area contributed by atoms with E-state index in [-0.39, 0.29) is 18.3 Å². The van der Waals surface area contributed by atoms with Crippen molar-refractivity contribution in [2.24, 2.45) is 0 Å². The Bertz CT molecular complexity index is 1040. The predicted octanol–water partition coefficient (Wildman–Crippen LogP) is 2.33. The van der Waals surface area contributed by atoms with Crippen molar-refractivity contribution in [3.8, 4) is 0 Å². The number of rotatable bonds is 4. The first-order valence-electron chi connectivity index (χ1n) is 9.27. The van der Waals surface area contributed by atoms with Crippen molar-refractivity contribution < 1.29 is 14.3 Å². The van der Waals surface area contributed by atoms with Crippen LogP contribution in [0.1, 0.15) is 50.8 Å². The molecule has 0 saturated carbocycles. The quantitative estimate of drug-likeness (QED) is 0.647. The monoisotopic (exact) mass is 379 g/mol. The molecule has 8 nitrogen and oxygen atoms in total. The minimum atomic E-state index is -0.611. The second-order valence-electron chi connectivity index (χ2n) is 6.96. The molecule has 1 aliphatic heterocycles. The number of nitrogens with zero attached hydrogens (tertiary/aromatic N) is 5. The van der Waals surface area contributed by atoms with E-state index in [4.69, 9.17) is 4.74 Å². The molecule has 1 aromatic carbocycles. The van der Waals surface area contributed by atoms with Crippen LogP contribution in [0.5, 0.6) is 0 Å². The fraction of sp³-hybridized carbons (Fsp3) is 0.350. The van der Waals surface area contributed by atoms with E-state index in [9.17, 15) is 9.59 Å². The van der Waals surface area contributed by atoms with E-state index in [0.717, 1.165) is 42.9 Å². The first-order chi connectivity index (χ1) is 13.5. The van der Waals surface area contributed by atoms with Crippen molar-refractivity contribution in [1.82, 2.24) is 24.5 Å². The second kappa shape index (κ2) is 7.38. The lowest BCUT2D eigenvalue weighted by molar-refractivity contribution is 0.0458. The van der Waals surface area contributed by atoms with Gasteiger partial charge in [0.25, 0.3) is 17.5 Å². The Morgan fingerprint density at radius 2 is 1.79 bits per heavy atom. The van der Waals surface area contributed by atoms with E-state index in [1.165, 1.54) is 4.52 Å². The SMILES string of the molecule is Cc1cc(C)n2nc(C(=O)OCc3ccc(C(=O)N4CCCC4)cc3)nc2n1. The van der Waals surface area contributed by atoms with Crippen molar-refractivity contribution in [2.45, 2.75) is 33.3 Å². The number of fused-ring (bicyclic) bond motifs is 1. The standard InChI is InChI=1S/C20H21N5O3/c1-13-11-14(2)25-20(21-13)22-17(23-25)19(27)28-12-15-5-7-16(8-6-15)18(26)24-9-3-4-10-24/h5-8,11H,3-4,9-10,12H2,1-2H3. The summed E-state index contributed by atoms with van der Waals surface area (Å²) in [6.45, 7) is 5.45. The highest BCUT2D eigenvalue weighted by molar-refractivity contribution is 5.94. The van der Waals surface area contributed by atoms with Crippen molar-refractivity contribution in [2.75, 3.05) is 13.1 Å². The number of hydrogen-bond acceptors (Lipinski definition) is 6. The van der Waals surface area contributed by atoms with Gasteiger partial charge >= 0.3 is 5.97 Å². The zero-order valence-electron chi connectivity index (χ0n) is 15.9. The number of benzene rings is 1. The molecule has 0 atom stereocenters. The van der Waals surface area contributed by atoms with Crippen LogP contribution < -0.4 is 0 Å². The van der Waals surface area contributed by atoms with Crippen LogP contribution in [-0.2, 0) is 11.3 Å². The van der Waals surface area contributed by atoms with Gasteiger partial charge in [-0.1, -0.05) is 12.1 Å². The molecule has 3 aromatic rings. The van der Waals surface area contributed by atoms with Gasteiger partial charge in [-0.25, -0.2) is 14.3 Å². The zero-order valence-corrected chi connectivity index (χ0v) is 15.9. The molecule has 1 fully saturated rings. The average Bonchev–Trinajstić information content (AvgIpc) is 3.36. The van der Waals surface area contributed by atoms with Crippen molar-refractivity contribution in [1.29, 1.82) is 0 Å². The van der Waals surface area contributed by atoms with Crippen molar-refractivity contribution in [3.63, 3.8) is 0 Å². The van der Waals surface area contributed by atoms with Gasteiger partial charge in [0.1, 0.15) is 6.61 Å². The molecular formula is C20H21N5O3. The van der Waals surface area contributed by atoms with Crippen LogP contribution in [0.2, 0.25) is 0 Å². The van der Waals surface area contributed by atoms with Gasteiger partial charge in [0.15, 0.2) is 0 Å². The average molecular weight is 379 g/mol. The Morgan fingerprint density at radius 3 is 2.50 bits per heavy atom. The third-order valence-electron chi connectivity index (χ3n) is 4.76. The smallest absolute Gasteiger partial charge is 0.378 e. The number of carbonyl (C=O) groups is 2. The van der Waals surface area contributed by atoms with E-state index in [0.29, 0.717) is 11.3 Å². The Balaban J connectivity index is 1.40. The van der Waals surface area contributed by atoms with E-state index in [1.807, 2.05) is 24.8 Å². The molecule has 0 bridgehead atoms. The lowest BCUT2D eigenvalue weighted by Crippen LogP contribution is -2.27. The van der Waals surface area contributed by atoms with Gasteiger partial charge < -0.3 is 9.64 Å². The number of carbonyl (C=O) groups excluding carboxylic acids is 2. The lowest BCUT2D eigenvalue weighted by Gasteiger charge is -2.15. The van der Waals surface area contributed by atoms with Crippen molar-refractivity contribution >= 4 is 17.7 Å². The van der Waals surface area contributed by atoms with Gasteiger partial charge in [0.05, 0.1) is 0 Å². The summed E-state index contributed by atoms with van der Waals surface area (Å²) >= 11 is 0. The van der Waals surface area contributed by atoms with E-state index < -0.39 is 5.97 Å². The molecule has 144 valence electrons. The number of esters is 1. The lowest BCUT2D eigenvalue weighted by atomic mass is 10.1. The summed E-state index contributed by atoms with van der Waals surface area (Å²) < 4.78 is 6.83. The molecule has 3 heterocycles. The molecule has 0 radical (unpaired) electrons. The largest absolute Gasteiger partial charge is 0.455 e. The predicted molar refractivity (Wildman–Crippen MR) is 101 cm³/mol. The van der Waals surface area contributed by atoms with Gasteiger partial charge in [-0.3, -0.25) is 4.79 Å². The summed E-state index contributed by atoms with van der Waals surface area (Å²) in [5, 5.41) is 4.17. The van der Waals surface area contributed by atoms with Crippen molar-refractivity contribution in [3.05, 3.63) is 58.7 Å². The molecular weight excluding hydrogens is 358 g/mol. The third kappa shape index (κ3) is 3.58. The maximum absolute atomic E-state index is 12.4. The van der Waals surface area contributed by atoms with Crippen LogP contribution in [0.3, 0.4) is 0 Å². The van der Waals surface area contributed by atoms with Crippen LogP contribution in [0.25, 0.3) is 5.78 Å². The molecule has 8 heteroatoms. The topological polar surface area (TPSA) is 89.7 Å². The number of ether oxygens (including phenoxy) is 1. The van der Waals surface area contributed by atoms with E-state index in [1.54, 1.807) is 24.3 Å². The molecule has 1 amide bonds. The number of likely N-dealkylation sites (tertiary alicyclic amines) is 1. The molecule has 0 aliphatic carbocycles. The summed E-state index contributed by atoms with van der Waals surface area (Å²) in [5.41, 5.74) is 3.09. The molecule has 1 saturated heterocycles. The van der Waals surface area contributed by atoms with Gasteiger partial charge in [-0.15, -0.1) is 5.10 Å². The van der Waals surface area contributed by atoms with Crippen LogP contribution in [0.15, 0.2) is 30.3 Å². The molecule has 0 spiro atoms. The Labute approximate surface area is 162 Å². The molecule has 2 aromatic heterocycles. The molecule has 1 aliphatic rings. The van der Waals surface area contributed by atoms with Crippen LogP contribution in [-0.4, -0.2) is 49.4 Å². The normalized spacial score (nSPS) is 13.9. The first-order valence-corrected chi connectivity index (χ1v) is 9.27. The van der Waals surface area contributed by atoms with Gasteiger partial charge in [0, 0.05) is 30.0 Å². The maximum Gasteiger partial charge on any atom is 0.378 e. The van der Waals surface area contributed by atoms with Gasteiger partial charge in [0.2, 0.25) is 0 Å². The molecule has 28 heavy (non-hydrogen) atoms.